The molecule has 0 aliphatic heterocycles. The van der Waals surface area contributed by atoms with Crippen molar-refractivity contribution in [3.8, 4) is 16.8 Å². The zero-order chi connectivity index (χ0) is 19.7. The molecule has 5 aromatic carbocycles. The molecule has 0 unspecified atom stereocenters. The molecule has 1 aliphatic carbocycles. The molecule has 1 heteroatoms. The first kappa shape index (κ1) is 16.0. The molecule has 0 saturated carbocycles. The molecule has 0 N–H and O–H groups in total. The maximum Gasteiger partial charge on any atom is 0.0619 e. The van der Waals surface area contributed by atoms with Crippen molar-refractivity contribution < 1.29 is 0 Å². The first-order chi connectivity index (χ1) is 14.9. The lowest BCUT2D eigenvalue weighted by atomic mass is 10.0. The highest BCUT2D eigenvalue weighted by Crippen LogP contribution is 2.45. The van der Waals surface area contributed by atoms with Crippen LogP contribution in [0.3, 0.4) is 0 Å². The van der Waals surface area contributed by atoms with Crippen LogP contribution in [0.25, 0.3) is 49.4 Å². The van der Waals surface area contributed by atoms with Gasteiger partial charge in [0.25, 0.3) is 0 Å². The summed E-state index contributed by atoms with van der Waals surface area (Å²) in [4.78, 5) is 0. The first-order valence-electron chi connectivity index (χ1n) is 10.5. The van der Waals surface area contributed by atoms with Gasteiger partial charge in [0.05, 0.1) is 11.0 Å². The third-order valence-corrected chi connectivity index (χ3v) is 6.61. The maximum absolute atomic E-state index is 2.50. The lowest BCUT2D eigenvalue weighted by Gasteiger charge is -2.12. The van der Waals surface area contributed by atoms with Gasteiger partial charge in [0.15, 0.2) is 0 Å². The standard InChI is InChI=1S/C29H19N/c1-2-10-21(11-3-1)30-28-23-13-7-4-8-19(23)14-15-25(28)26-17-16-24-22-12-6-5-9-20(22)18-27(24)29(26)30/h1-17H,18H2. The topological polar surface area (TPSA) is 4.93 Å². The van der Waals surface area contributed by atoms with Gasteiger partial charge in [0.1, 0.15) is 0 Å². The number of nitrogens with zero attached hydrogens (tertiary/aromatic N) is 1. The third-order valence-electron chi connectivity index (χ3n) is 6.61. The van der Waals surface area contributed by atoms with Crippen molar-refractivity contribution in [2.24, 2.45) is 0 Å². The minimum atomic E-state index is 0.990. The van der Waals surface area contributed by atoms with E-state index in [4.69, 9.17) is 0 Å². The van der Waals surface area contributed by atoms with Crippen molar-refractivity contribution in [2.45, 2.75) is 6.42 Å². The van der Waals surface area contributed by atoms with E-state index in [1.54, 1.807) is 0 Å². The van der Waals surface area contributed by atoms with Crippen LogP contribution in [-0.2, 0) is 6.42 Å². The average molecular weight is 381 g/mol. The van der Waals surface area contributed by atoms with E-state index in [1.165, 1.54) is 60.5 Å². The summed E-state index contributed by atoms with van der Waals surface area (Å²) in [6.45, 7) is 0. The second-order valence-corrected chi connectivity index (χ2v) is 8.18. The highest BCUT2D eigenvalue weighted by molar-refractivity contribution is 6.20. The van der Waals surface area contributed by atoms with E-state index >= 15 is 0 Å². The van der Waals surface area contributed by atoms with E-state index in [9.17, 15) is 0 Å². The van der Waals surface area contributed by atoms with Gasteiger partial charge in [-0.1, -0.05) is 91.0 Å². The summed E-state index contributed by atoms with van der Waals surface area (Å²) in [6, 6.07) is 37.6. The Morgan fingerprint density at radius 2 is 1.23 bits per heavy atom. The van der Waals surface area contributed by atoms with Gasteiger partial charge in [0.2, 0.25) is 0 Å². The number of hydrogen-bond acceptors (Lipinski definition) is 0. The van der Waals surface area contributed by atoms with E-state index in [2.05, 4.69) is 108 Å². The predicted molar refractivity (Wildman–Crippen MR) is 127 cm³/mol. The summed E-state index contributed by atoms with van der Waals surface area (Å²) in [7, 11) is 0. The zero-order valence-corrected chi connectivity index (χ0v) is 16.5. The number of rotatable bonds is 1. The molecule has 0 fully saturated rings. The van der Waals surface area contributed by atoms with Gasteiger partial charge in [-0.05, 0) is 39.8 Å². The van der Waals surface area contributed by atoms with Crippen LogP contribution in [0.15, 0.2) is 103 Å². The molecule has 0 bridgehead atoms. The van der Waals surface area contributed by atoms with Crippen LogP contribution in [0.2, 0.25) is 0 Å². The fourth-order valence-corrected chi connectivity index (χ4v) is 5.33. The molecule has 140 valence electrons. The maximum atomic E-state index is 2.50. The Morgan fingerprint density at radius 3 is 2.17 bits per heavy atom. The van der Waals surface area contributed by atoms with Crippen LogP contribution in [0, 0.1) is 0 Å². The van der Waals surface area contributed by atoms with Crippen LogP contribution in [0.4, 0.5) is 0 Å². The Morgan fingerprint density at radius 1 is 0.500 bits per heavy atom. The smallest absolute Gasteiger partial charge is 0.0619 e. The Balaban J connectivity index is 1.73. The molecule has 1 aliphatic rings. The van der Waals surface area contributed by atoms with E-state index in [-0.39, 0.29) is 0 Å². The van der Waals surface area contributed by atoms with Gasteiger partial charge in [0, 0.05) is 28.3 Å². The average Bonchev–Trinajstić information content (AvgIpc) is 3.35. The Kier molecular flexibility index (Phi) is 3.12. The summed E-state index contributed by atoms with van der Waals surface area (Å²) >= 11 is 0. The number of aromatic nitrogens is 1. The van der Waals surface area contributed by atoms with Crippen molar-refractivity contribution in [3.05, 3.63) is 114 Å². The Bertz CT molecular complexity index is 1600. The molecular weight excluding hydrogens is 362 g/mol. The van der Waals surface area contributed by atoms with Crippen molar-refractivity contribution in [2.75, 3.05) is 0 Å². The van der Waals surface area contributed by atoms with Crippen LogP contribution >= 0.6 is 0 Å². The molecule has 0 spiro atoms. The largest absolute Gasteiger partial charge is 0.308 e. The second kappa shape index (κ2) is 5.84. The summed E-state index contributed by atoms with van der Waals surface area (Å²) < 4.78 is 2.50. The molecular formula is C29H19N. The lowest BCUT2D eigenvalue weighted by molar-refractivity contribution is 1.16. The van der Waals surface area contributed by atoms with Gasteiger partial charge in [-0.2, -0.15) is 0 Å². The van der Waals surface area contributed by atoms with Crippen molar-refractivity contribution in [1.29, 1.82) is 0 Å². The molecule has 7 rings (SSSR count). The molecule has 30 heavy (non-hydrogen) atoms. The molecule has 0 amide bonds. The van der Waals surface area contributed by atoms with Crippen molar-refractivity contribution >= 4 is 32.6 Å². The van der Waals surface area contributed by atoms with Gasteiger partial charge in [-0.25, -0.2) is 0 Å². The van der Waals surface area contributed by atoms with E-state index in [0.29, 0.717) is 0 Å². The molecule has 0 radical (unpaired) electrons. The zero-order valence-electron chi connectivity index (χ0n) is 16.5. The minimum absolute atomic E-state index is 0.990. The van der Waals surface area contributed by atoms with Gasteiger partial charge >= 0.3 is 0 Å². The third kappa shape index (κ3) is 2.02. The summed E-state index contributed by atoms with van der Waals surface area (Å²) in [6.07, 6.45) is 0.990. The normalized spacial score (nSPS) is 12.5. The Labute approximate surface area is 174 Å². The molecule has 0 saturated heterocycles. The van der Waals surface area contributed by atoms with Gasteiger partial charge < -0.3 is 4.57 Å². The van der Waals surface area contributed by atoms with Gasteiger partial charge in [-0.15, -0.1) is 0 Å². The fraction of sp³-hybridized carbons (Fsp3) is 0.0345. The van der Waals surface area contributed by atoms with E-state index in [1.807, 2.05) is 0 Å². The van der Waals surface area contributed by atoms with Crippen LogP contribution < -0.4 is 0 Å². The fourth-order valence-electron chi connectivity index (χ4n) is 5.33. The molecule has 1 nitrogen and oxygen atoms in total. The van der Waals surface area contributed by atoms with Gasteiger partial charge in [-0.3, -0.25) is 0 Å². The summed E-state index contributed by atoms with van der Waals surface area (Å²) in [5.74, 6) is 0. The second-order valence-electron chi connectivity index (χ2n) is 8.18. The Hall–Kier alpha value is -3.84. The van der Waals surface area contributed by atoms with E-state index < -0.39 is 0 Å². The van der Waals surface area contributed by atoms with Crippen molar-refractivity contribution in [1.82, 2.24) is 4.57 Å². The van der Waals surface area contributed by atoms with Crippen LogP contribution in [0.5, 0.6) is 0 Å². The van der Waals surface area contributed by atoms with Crippen LogP contribution in [-0.4, -0.2) is 4.57 Å². The predicted octanol–water partition coefficient (Wildman–Crippen LogP) is 7.51. The molecule has 6 aromatic rings. The number of fused-ring (bicyclic) bond motifs is 9. The number of para-hydroxylation sites is 1. The molecule has 1 heterocycles. The number of hydrogen-bond donors (Lipinski definition) is 0. The molecule has 0 atom stereocenters. The highest BCUT2D eigenvalue weighted by atomic mass is 15.0. The lowest BCUT2D eigenvalue weighted by Crippen LogP contribution is -1.97. The van der Waals surface area contributed by atoms with Crippen molar-refractivity contribution in [3.63, 3.8) is 0 Å². The SMILES string of the molecule is c1ccc(-n2c3c4c(ccc3c3ccc5ccccc5c32)-c2ccccc2C4)cc1. The van der Waals surface area contributed by atoms with E-state index in [0.717, 1.165) is 6.42 Å². The monoisotopic (exact) mass is 381 g/mol. The first-order valence-corrected chi connectivity index (χ1v) is 10.5. The van der Waals surface area contributed by atoms with Crippen LogP contribution in [0.1, 0.15) is 11.1 Å². The highest BCUT2D eigenvalue weighted by Gasteiger charge is 2.25. The number of benzene rings is 5. The quantitative estimate of drug-likeness (QED) is 0.277. The minimum Gasteiger partial charge on any atom is -0.308 e. The summed E-state index contributed by atoms with van der Waals surface area (Å²) in [5, 5.41) is 5.25. The molecule has 1 aromatic heterocycles. The summed E-state index contributed by atoms with van der Waals surface area (Å²) in [5.41, 5.74) is 9.50.